The molecule has 1 saturated heterocycles. The number of ether oxygens (including phenoxy) is 2. The molecule has 0 amide bonds. The molecule has 0 saturated carbocycles. The lowest BCUT2D eigenvalue weighted by molar-refractivity contribution is 0.0676. The van der Waals surface area contributed by atoms with Crippen molar-refractivity contribution in [3.8, 4) is 5.75 Å². The lowest BCUT2D eigenvalue weighted by Crippen LogP contribution is -2.36. The van der Waals surface area contributed by atoms with Crippen molar-refractivity contribution in [2.75, 3.05) is 20.3 Å². The van der Waals surface area contributed by atoms with Gasteiger partial charge < -0.3 is 20.1 Å². The number of rotatable bonds is 9. The van der Waals surface area contributed by atoms with Crippen LogP contribution < -0.4 is 15.4 Å². The van der Waals surface area contributed by atoms with Crippen LogP contribution in [0.1, 0.15) is 35.1 Å². The van der Waals surface area contributed by atoms with Crippen molar-refractivity contribution in [2.24, 2.45) is 4.99 Å². The van der Waals surface area contributed by atoms with Gasteiger partial charge in [0, 0.05) is 44.1 Å². The molecule has 1 atom stereocenters. The van der Waals surface area contributed by atoms with Crippen LogP contribution in [0.2, 0.25) is 0 Å². The second kappa shape index (κ2) is 11.5. The van der Waals surface area contributed by atoms with Gasteiger partial charge in [-0.25, -0.2) is 0 Å². The highest BCUT2D eigenvalue weighted by Gasteiger charge is 2.17. The van der Waals surface area contributed by atoms with Crippen molar-refractivity contribution < 1.29 is 9.47 Å². The Morgan fingerprint density at radius 1 is 1.15 bits per heavy atom. The zero-order valence-electron chi connectivity index (χ0n) is 19.5. The fourth-order valence-electron chi connectivity index (χ4n) is 3.84. The summed E-state index contributed by atoms with van der Waals surface area (Å²) in [6.45, 7) is 5.53. The molecule has 4 rings (SSSR count). The van der Waals surface area contributed by atoms with E-state index in [-0.39, 0.29) is 6.10 Å². The van der Waals surface area contributed by atoms with Gasteiger partial charge in [0.15, 0.2) is 5.96 Å². The highest BCUT2D eigenvalue weighted by Crippen LogP contribution is 2.22. The fraction of sp³-hybridized carbons (Fsp3) is 0.385. The Morgan fingerprint density at radius 3 is 2.79 bits per heavy atom. The minimum atomic E-state index is 0.198. The molecule has 7 nitrogen and oxygen atoms in total. The monoisotopic (exact) mass is 447 g/mol. The number of aliphatic imine (C=N–C) groups is 1. The number of nitrogens with zero attached hydrogens (tertiary/aromatic N) is 3. The molecule has 0 aliphatic carbocycles. The summed E-state index contributed by atoms with van der Waals surface area (Å²) in [5.41, 5.74) is 4.60. The first-order valence-electron chi connectivity index (χ1n) is 11.5. The molecule has 1 unspecified atom stereocenters. The van der Waals surface area contributed by atoms with E-state index in [9.17, 15) is 0 Å². The largest absolute Gasteiger partial charge is 0.491 e. The van der Waals surface area contributed by atoms with E-state index in [1.165, 1.54) is 11.1 Å². The van der Waals surface area contributed by atoms with E-state index in [1.54, 1.807) is 7.05 Å². The summed E-state index contributed by atoms with van der Waals surface area (Å²) in [5.74, 6) is 1.63. The number of benzene rings is 2. The maximum atomic E-state index is 6.11. The van der Waals surface area contributed by atoms with Gasteiger partial charge in [-0.15, -0.1) is 0 Å². The summed E-state index contributed by atoms with van der Waals surface area (Å²) >= 11 is 0. The summed E-state index contributed by atoms with van der Waals surface area (Å²) in [6.07, 6.45) is 6.33. The molecule has 1 aromatic heterocycles. The molecule has 3 aromatic rings. The van der Waals surface area contributed by atoms with E-state index in [0.717, 1.165) is 48.8 Å². The molecule has 1 fully saturated rings. The van der Waals surface area contributed by atoms with Crippen molar-refractivity contribution >= 4 is 5.96 Å². The van der Waals surface area contributed by atoms with Gasteiger partial charge in [0.05, 0.1) is 18.8 Å². The summed E-state index contributed by atoms with van der Waals surface area (Å²) < 4.78 is 13.8. The molecule has 0 bridgehead atoms. The van der Waals surface area contributed by atoms with Gasteiger partial charge in [-0.3, -0.25) is 9.67 Å². The minimum absolute atomic E-state index is 0.198. The first kappa shape index (κ1) is 22.9. The predicted molar refractivity (Wildman–Crippen MR) is 130 cm³/mol. The number of guanidine groups is 1. The van der Waals surface area contributed by atoms with E-state index >= 15 is 0 Å². The van der Waals surface area contributed by atoms with Crippen LogP contribution in [0, 0.1) is 6.92 Å². The SMILES string of the molecule is CN=C(NCc1cnn(Cc2ccccc2)c1)NCc1ccc(C)cc1OCC1CCCO1. The van der Waals surface area contributed by atoms with Crippen LogP contribution in [0.3, 0.4) is 0 Å². The number of nitrogens with one attached hydrogen (secondary N) is 2. The van der Waals surface area contributed by atoms with Gasteiger partial charge in [0.2, 0.25) is 0 Å². The summed E-state index contributed by atoms with van der Waals surface area (Å²) in [6, 6.07) is 16.6. The molecule has 0 spiro atoms. The number of hydrogen-bond donors (Lipinski definition) is 2. The van der Waals surface area contributed by atoms with Gasteiger partial charge in [-0.2, -0.15) is 5.10 Å². The van der Waals surface area contributed by atoms with Crippen LogP contribution in [-0.2, 0) is 24.4 Å². The molecular formula is C26H33N5O2. The van der Waals surface area contributed by atoms with E-state index in [2.05, 4.69) is 64.2 Å². The van der Waals surface area contributed by atoms with Crippen molar-refractivity contribution in [1.82, 2.24) is 20.4 Å². The lowest BCUT2D eigenvalue weighted by atomic mass is 10.1. The Bertz CT molecular complexity index is 1040. The maximum Gasteiger partial charge on any atom is 0.191 e. The number of hydrogen-bond acceptors (Lipinski definition) is 4. The first-order valence-corrected chi connectivity index (χ1v) is 11.5. The molecule has 7 heteroatoms. The number of aryl methyl sites for hydroxylation is 1. The van der Waals surface area contributed by atoms with E-state index in [4.69, 9.17) is 9.47 Å². The fourth-order valence-corrected chi connectivity index (χ4v) is 3.84. The second-order valence-electron chi connectivity index (χ2n) is 8.37. The molecule has 33 heavy (non-hydrogen) atoms. The first-order chi connectivity index (χ1) is 16.2. The second-order valence-corrected chi connectivity index (χ2v) is 8.37. The third-order valence-electron chi connectivity index (χ3n) is 5.68. The van der Waals surface area contributed by atoms with Gasteiger partial charge in [-0.1, -0.05) is 42.5 Å². The molecular weight excluding hydrogens is 414 g/mol. The average Bonchev–Trinajstić information content (AvgIpc) is 3.51. The summed E-state index contributed by atoms with van der Waals surface area (Å²) in [7, 11) is 1.78. The zero-order chi connectivity index (χ0) is 22.9. The highest BCUT2D eigenvalue weighted by molar-refractivity contribution is 5.79. The van der Waals surface area contributed by atoms with Gasteiger partial charge in [0.25, 0.3) is 0 Å². The van der Waals surface area contributed by atoms with Crippen LogP contribution in [0.5, 0.6) is 5.75 Å². The third-order valence-corrected chi connectivity index (χ3v) is 5.68. The van der Waals surface area contributed by atoms with Crippen LogP contribution in [0.4, 0.5) is 0 Å². The Kier molecular flexibility index (Phi) is 7.98. The number of aromatic nitrogens is 2. The Labute approximate surface area is 195 Å². The van der Waals surface area contributed by atoms with Crippen LogP contribution >= 0.6 is 0 Å². The molecule has 174 valence electrons. The maximum absolute atomic E-state index is 6.11. The van der Waals surface area contributed by atoms with Gasteiger partial charge in [-0.05, 0) is 37.0 Å². The van der Waals surface area contributed by atoms with Crippen molar-refractivity contribution in [2.45, 2.75) is 45.5 Å². The smallest absolute Gasteiger partial charge is 0.191 e. The van der Waals surface area contributed by atoms with Gasteiger partial charge >= 0.3 is 0 Å². The highest BCUT2D eigenvalue weighted by atomic mass is 16.5. The van der Waals surface area contributed by atoms with E-state index in [0.29, 0.717) is 19.7 Å². The van der Waals surface area contributed by atoms with E-state index < -0.39 is 0 Å². The normalized spacial score (nSPS) is 16.1. The molecule has 2 heterocycles. The van der Waals surface area contributed by atoms with Gasteiger partial charge in [0.1, 0.15) is 12.4 Å². The predicted octanol–water partition coefficient (Wildman–Crippen LogP) is 3.66. The molecule has 0 radical (unpaired) electrons. The zero-order valence-corrected chi connectivity index (χ0v) is 19.5. The molecule has 1 aliphatic rings. The van der Waals surface area contributed by atoms with Crippen molar-refractivity contribution in [1.29, 1.82) is 0 Å². The van der Waals surface area contributed by atoms with Crippen molar-refractivity contribution in [3.05, 3.63) is 83.2 Å². The standard InChI is InChI=1S/C26H33N5O2/c1-20-10-11-23(25(13-20)33-19-24-9-6-12-32-24)16-29-26(27-2)28-14-22-15-30-31(18-22)17-21-7-4-3-5-8-21/h3-5,7-8,10-11,13,15,18,24H,6,9,12,14,16-17,19H2,1-2H3,(H2,27,28,29). The molecule has 2 N–H and O–H groups in total. The van der Waals surface area contributed by atoms with Crippen LogP contribution in [0.25, 0.3) is 0 Å². The molecule has 2 aromatic carbocycles. The average molecular weight is 448 g/mol. The minimum Gasteiger partial charge on any atom is -0.491 e. The van der Waals surface area contributed by atoms with Crippen molar-refractivity contribution in [3.63, 3.8) is 0 Å². The Morgan fingerprint density at radius 2 is 2.00 bits per heavy atom. The molecule has 1 aliphatic heterocycles. The summed E-state index contributed by atoms with van der Waals surface area (Å²) in [4.78, 5) is 4.36. The Hall–Kier alpha value is -3.32. The topological polar surface area (TPSA) is 72.7 Å². The lowest BCUT2D eigenvalue weighted by Gasteiger charge is -2.17. The van der Waals surface area contributed by atoms with E-state index in [1.807, 2.05) is 29.1 Å². The third kappa shape index (κ3) is 6.83. The van der Waals surface area contributed by atoms with Crippen LogP contribution in [0.15, 0.2) is 65.9 Å². The Balaban J connectivity index is 1.28. The summed E-state index contributed by atoms with van der Waals surface area (Å²) in [5, 5.41) is 11.2. The van der Waals surface area contributed by atoms with Crippen LogP contribution in [-0.4, -0.2) is 42.1 Å². The quantitative estimate of drug-likeness (QED) is 0.387.